The predicted molar refractivity (Wildman–Crippen MR) is 123 cm³/mol. The first kappa shape index (κ1) is 21.9. The van der Waals surface area contributed by atoms with Crippen LogP contribution in [-0.4, -0.2) is 24.9 Å². The minimum absolute atomic E-state index is 0.0569. The van der Waals surface area contributed by atoms with Crippen LogP contribution in [0.25, 0.3) is 0 Å². The zero-order chi connectivity index (χ0) is 21.7. The van der Waals surface area contributed by atoms with E-state index in [-0.39, 0.29) is 23.8 Å². The van der Waals surface area contributed by atoms with E-state index >= 15 is 0 Å². The van der Waals surface area contributed by atoms with Crippen molar-refractivity contribution >= 4 is 23.2 Å². The van der Waals surface area contributed by atoms with Crippen molar-refractivity contribution in [1.29, 1.82) is 0 Å². The molecule has 0 spiro atoms. The molecule has 1 saturated heterocycles. The van der Waals surface area contributed by atoms with Gasteiger partial charge in [0, 0.05) is 30.4 Å². The standard InChI is InChI=1S/C25H33N3O2/c1-17(2)24(29)27-21-10-11-23(28-14-12-18(3)13-15-28)22(16-21)25(30)26-19(4)20-8-6-5-7-9-20/h5-11,16-19H,12-15H2,1-4H3,(H,26,30)(H,27,29)/t19-/m0/s1. The molecule has 1 heterocycles. The Morgan fingerprint density at radius 1 is 1.00 bits per heavy atom. The van der Waals surface area contributed by atoms with Gasteiger partial charge in [-0.05, 0) is 49.4 Å². The zero-order valence-corrected chi connectivity index (χ0v) is 18.4. The molecule has 30 heavy (non-hydrogen) atoms. The summed E-state index contributed by atoms with van der Waals surface area (Å²) < 4.78 is 0. The minimum atomic E-state index is -0.124. The number of nitrogens with zero attached hydrogens (tertiary/aromatic N) is 1. The lowest BCUT2D eigenvalue weighted by atomic mass is 9.97. The van der Waals surface area contributed by atoms with Crippen LogP contribution in [0.2, 0.25) is 0 Å². The summed E-state index contributed by atoms with van der Waals surface area (Å²) in [6, 6.07) is 15.5. The van der Waals surface area contributed by atoms with Gasteiger partial charge in [0.1, 0.15) is 0 Å². The Balaban J connectivity index is 1.87. The van der Waals surface area contributed by atoms with Gasteiger partial charge in [-0.15, -0.1) is 0 Å². The van der Waals surface area contributed by atoms with E-state index < -0.39 is 0 Å². The SMILES string of the molecule is CC1CCN(c2ccc(NC(=O)C(C)C)cc2C(=O)N[C@@H](C)c2ccccc2)CC1. The summed E-state index contributed by atoms with van der Waals surface area (Å²) >= 11 is 0. The number of piperidine rings is 1. The number of amides is 2. The van der Waals surface area contributed by atoms with Crippen LogP contribution >= 0.6 is 0 Å². The molecule has 1 fully saturated rings. The molecule has 1 aliphatic heterocycles. The van der Waals surface area contributed by atoms with Crippen LogP contribution in [-0.2, 0) is 4.79 Å². The van der Waals surface area contributed by atoms with Crippen molar-refractivity contribution in [3.05, 3.63) is 59.7 Å². The highest BCUT2D eigenvalue weighted by Crippen LogP contribution is 2.29. The highest BCUT2D eigenvalue weighted by Gasteiger charge is 2.23. The first-order valence-electron chi connectivity index (χ1n) is 10.9. The average molecular weight is 408 g/mol. The van der Waals surface area contributed by atoms with Gasteiger partial charge in [-0.25, -0.2) is 0 Å². The summed E-state index contributed by atoms with van der Waals surface area (Å²) in [4.78, 5) is 27.7. The molecule has 3 rings (SSSR count). The fraction of sp³-hybridized carbons (Fsp3) is 0.440. The molecule has 1 atom stereocenters. The molecule has 5 nitrogen and oxygen atoms in total. The highest BCUT2D eigenvalue weighted by molar-refractivity contribution is 6.02. The Bertz CT molecular complexity index is 871. The zero-order valence-electron chi connectivity index (χ0n) is 18.4. The molecule has 2 aromatic carbocycles. The predicted octanol–water partition coefficient (Wildman–Crippen LogP) is 5.01. The van der Waals surface area contributed by atoms with Gasteiger partial charge in [0.05, 0.1) is 11.6 Å². The van der Waals surface area contributed by atoms with Gasteiger partial charge in [0.25, 0.3) is 5.91 Å². The fourth-order valence-electron chi connectivity index (χ4n) is 3.71. The molecule has 0 aliphatic carbocycles. The Labute approximate surface area is 179 Å². The van der Waals surface area contributed by atoms with Crippen molar-refractivity contribution in [2.24, 2.45) is 11.8 Å². The van der Waals surface area contributed by atoms with Crippen LogP contribution in [0, 0.1) is 11.8 Å². The van der Waals surface area contributed by atoms with Crippen LogP contribution in [0.4, 0.5) is 11.4 Å². The monoisotopic (exact) mass is 407 g/mol. The second-order valence-electron chi connectivity index (χ2n) is 8.65. The first-order valence-corrected chi connectivity index (χ1v) is 10.9. The lowest BCUT2D eigenvalue weighted by Crippen LogP contribution is -2.35. The van der Waals surface area contributed by atoms with Crippen molar-refractivity contribution < 1.29 is 9.59 Å². The number of benzene rings is 2. The third-order valence-corrected chi connectivity index (χ3v) is 5.80. The van der Waals surface area contributed by atoms with Gasteiger partial charge in [0.2, 0.25) is 5.91 Å². The van der Waals surface area contributed by atoms with E-state index in [0.29, 0.717) is 17.2 Å². The van der Waals surface area contributed by atoms with Gasteiger partial charge >= 0.3 is 0 Å². The van der Waals surface area contributed by atoms with Gasteiger partial charge in [0.15, 0.2) is 0 Å². The number of anilines is 2. The van der Waals surface area contributed by atoms with E-state index in [1.807, 2.05) is 63.2 Å². The molecule has 1 aliphatic rings. The highest BCUT2D eigenvalue weighted by atomic mass is 16.2. The summed E-state index contributed by atoms with van der Waals surface area (Å²) in [5, 5.41) is 6.05. The summed E-state index contributed by atoms with van der Waals surface area (Å²) in [5.41, 5.74) is 3.25. The van der Waals surface area contributed by atoms with Crippen molar-refractivity contribution in [3.63, 3.8) is 0 Å². The minimum Gasteiger partial charge on any atom is -0.371 e. The molecule has 2 N–H and O–H groups in total. The number of rotatable bonds is 6. The smallest absolute Gasteiger partial charge is 0.253 e. The Morgan fingerprint density at radius 2 is 1.67 bits per heavy atom. The van der Waals surface area contributed by atoms with Crippen molar-refractivity contribution in [1.82, 2.24) is 5.32 Å². The molecule has 0 radical (unpaired) electrons. The molecular weight excluding hydrogens is 374 g/mol. The van der Waals surface area contributed by atoms with Crippen LogP contribution in [0.1, 0.15) is 62.5 Å². The molecular formula is C25H33N3O2. The quantitative estimate of drug-likeness (QED) is 0.708. The normalized spacial score (nSPS) is 15.7. The number of carbonyl (C=O) groups excluding carboxylic acids is 2. The maximum Gasteiger partial charge on any atom is 0.253 e. The average Bonchev–Trinajstić information content (AvgIpc) is 2.75. The van der Waals surface area contributed by atoms with Gasteiger partial charge in [-0.1, -0.05) is 51.1 Å². The van der Waals surface area contributed by atoms with E-state index in [0.717, 1.165) is 37.2 Å². The van der Waals surface area contributed by atoms with E-state index in [4.69, 9.17) is 0 Å². The van der Waals surface area contributed by atoms with E-state index in [1.54, 1.807) is 6.07 Å². The molecule has 160 valence electrons. The van der Waals surface area contributed by atoms with Crippen molar-refractivity contribution in [2.75, 3.05) is 23.3 Å². The lowest BCUT2D eigenvalue weighted by Gasteiger charge is -2.33. The maximum absolute atomic E-state index is 13.3. The van der Waals surface area contributed by atoms with Gasteiger partial charge in [-0.2, -0.15) is 0 Å². The van der Waals surface area contributed by atoms with Gasteiger partial charge in [-0.3, -0.25) is 9.59 Å². The van der Waals surface area contributed by atoms with Crippen LogP contribution in [0.15, 0.2) is 48.5 Å². The molecule has 2 amide bonds. The summed E-state index contributed by atoms with van der Waals surface area (Å²) in [6.45, 7) is 9.85. The summed E-state index contributed by atoms with van der Waals surface area (Å²) in [5.74, 6) is 0.407. The molecule has 5 heteroatoms. The Hall–Kier alpha value is -2.82. The number of carbonyl (C=O) groups is 2. The van der Waals surface area contributed by atoms with Crippen molar-refractivity contribution in [2.45, 2.75) is 46.6 Å². The molecule has 0 unspecified atom stereocenters. The van der Waals surface area contributed by atoms with E-state index in [1.165, 1.54) is 0 Å². The number of hydrogen-bond donors (Lipinski definition) is 2. The molecule has 2 aromatic rings. The van der Waals surface area contributed by atoms with Crippen LogP contribution in [0.3, 0.4) is 0 Å². The third kappa shape index (κ3) is 5.41. The fourth-order valence-corrected chi connectivity index (χ4v) is 3.71. The summed E-state index contributed by atoms with van der Waals surface area (Å²) in [7, 11) is 0. The molecule has 0 bridgehead atoms. The van der Waals surface area contributed by atoms with E-state index in [9.17, 15) is 9.59 Å². The van der Waals surface area contributed by atoms with E-state index in [2.05, 4.69) is 22.5 Å². The second-order valence-corrected chi connectivity index (χ2v) is 8.65. The topological polar surface area (TPSA) is 61.4 Å². The van der Waals surface area contributed by atoms with Crippen LogP contribution in [0.5, 0.6) is 0 Å². The van der Waals surface area contributed by atoms with Gasteiger partial charge < -0.3 is 15.5 Å². The third-order valence-electron chi connectivity index (χ3n) is 5.80. The number of nitrogens with one attached hydrogen (secondary N) is 2. The lowest BCUT2D eigenvalue weighted by molar-refractivity contribution is -0.118. The Kier molecular flexibility index (Phi) is 7.14. The second kappa shape index (κ2) is 9.79. The Morgan fingerprint density at radius 3 is 2.30 bits per heavy atom. The number of hydrogen-bond acceptors (Lipinski definition) is 3. The maximum atomic E-state index is 13.3. The largest absolute Gasteiger partial charge is 0.371 e. The molecule has 0 aromatic heterocycles. The van der Waals surface area contributed by atoms with Crippen LogP contribution < -0.4 is 15.5 Å². The van der Waals surface area contributed by atoms with Crippen molar-refractivity contribution in [3.8, 4) is 0 Å². The first-order chi connectivity index (χ1) is 14.3. The summed E-state index contributed by atoms with van der Waals surface area (Å²) in [6.07, 6.45) is 2.24. The molecule has 0 saturated carbocycles.